The molecular formula is C20H29BrIN5O. The first kappa shape index (κ1) is 23.0. The molecule has 0 radical (unpaired) electrons. The largest absolute Gasteiger partial charge is 0.444 e. The average molecular weight is 562 g/mol. The predicted molar refractivity (Wildman–Crippen MR) is 129 cm³/mol. The van der Waals surface area contributed by atoms with E-state index >= 15 is 0 Å². The number of aromatic nitrogens is 1. The van der Waals surface area contributed by atoms with E-state index in [-0.39, 0.29) is 24.0 Å². The zero-order chi connectivity index (χ0) is 19.2. The molecule has 1 unspecified atom stereocenters. The normalized spacial score (nSPS) is 16.8. The summed E-state index contributed by atoms with van der Waals surface area (Å²) in [5.74, 6) is 2.92. The number of hydrogen-bond donors (Lipinski definition) is 2. The van der Waals surface area contributed by atoms with Gasteiger partial charge < -0.3 is 20.0 Å². The summed E-state index contributed by atoms with van der Waals surface area (Å²) in [5, 5.41) is 6.77. The highest BCUT2D eigenvalue weighted by molar-refractivity contribution is 14.0. The first-order valence-electron chi connectivity index (χ1n) is 9.50. The molecule has 2 N–H and O–H groups in total. The van der Waals surface area contributed by atoms with Crippen molar-refractivity contribution in [2.45, 2.75) is 33.7 Å². The maximum Gasteiger partial charge on any atom is 0.216 e. The Kier molecular flexibility index (Phi) is 9.07. The SMILES string of the molecule is CCNC(=NCc1nc(C)c(C)o1)NCC1CCN(c2cccc(Br)c2)C1.I. The van der Waals surface area contributed by atoms with Crippen molar-refractivity contribution in [3.8, 4) is 0 Å². The summed E-state index contributed by atoms with van der Waals surface area (Å²) < 4.78 is 6.73. The molecule has 3 rings (SSSR count). The van der Waals surface area contributed by atoms with Crippen LogP contribution in [0, 0.1) is 19.8 Å². The van der Waals surface area contributed by atoms with Gasteiger partial charge in [-0.25, -0.2) is 9.98 Å². The van der Waals surface area contributed by atoms with Gasteiger partial charge in [-0.3, -0.25) is 0 Å². The standard InChI is InChI=1S/C20H28BrN5O.HI/c1-4-22-20(24-12-19-25-14(2)15(3)27-19)23-11-16-8-9-26(13-16)18-7-5-6-17(21)10-18;/h5-7,10,16H,4,8-9,11-13H2,1-3H3,(H2,22,23,24);1H. The van der Waals surface area contributed by atoms with Crippen LogP contribution in [0.2, 0.25) is 0 Å². The average Bonchev–Trinajstić information content (AvgIpc) is 3.24. The molecule has 0 amide bonds. The summed E-state index contributed by atoms with van der Waals surface area (Å²) in [6.45, 7) is 10.3. The van der Waals surface area contributed by atoms with E-state index in [1.54, 1.807) is 0 Å². The Hall–Kier alpha value is -1.29. The topological polar surface area (TPSA) is 65.7 Å². The number of guanidine groups is 1. The van der Waals surface area contributed by atoms with Crippen LogP contribution in [0.15, 0.2) is 38.1 Å². The first-order valence-corrected chi connectivity index (χ1v) is 10.3. The quantitative estimate of drug-likeness (QED) is 0.313. The lowest BCUT2D eigenvalue weighted by Gasteiger charge is -2.19. The first-order chi connectivity index (χ1) is 13.0. The highest BCUT2D eigenvalue weighted by Gasteiger charge is 2.23. The summed E-state index contributed by atoms with van der Waals surface area (Å²) >= 11 is 3.56. The van der Waals surface area contributed by atoms with Crippen molar-refractivity contribution in [1.82, 2.24) is 15.6 Å². The summed E-state index contributed by atoms with van der Waals surface area (Å²) in [5.41, 5.74) is 2.21. The number of aryl methyl sites for hydroxylation is 2. The Morgan fingerprint density at radius 2 is 2.18 bits per heavy atom. The van der Waals surface area contributed by atoms with Crippen molar-refractivity contribution >= 4 is 51.6 Å². The van der Waals surface area contributed by atoms with Crippen LogP contribution in [0.3, 0.4) is 0 Å². The summed E-state index contributed by atoms with van der Waals surface area (Å²) in [6, 6.07) is 8.51. The Morgan fingerprint density at radius 1 is 1.36 bits per heavy atom. The van der Waals surface area contributed by atoms with Crippen LogP contribution in [0.5, 0.6) is 0 Å². The minimum absolute atomic E-state index is 0. The molecule has 2 heterocycles. The monoisotopic (exact) mass is 561 g/mol. The lowest BCUT2D eigenvalue weighted by Crippen LogP contribution is -2.40. The van der Waals surface area contributed by atoms with Gasteiger partial charge in [0.1, 0.15) is 12.3 Å². The molecule has 1 fully saturated rings. The van der Waals surface area contributed by atoms with Crippen LogP contribution in [-0.2, 0) is 6.54 Å². The van der Waals surface area contributed by atoms with Gasteiger partial charge in [0.25, 0.3) is 0 Å². The van der Waals surface area contributed by atoms with Crippen molar-refractivity contribution in [3.63, 3.8) is 0 Å². The van der Waals surface area contributed by atoms with E-state index in [0.717, 1.165) is 48.1 Å². The van der Waals surface area contributed by atoms with Gasteiger partial charge in [0, 0.05) is 36.3 Å². The second kappa shape index (κ2) is 11.0. The highest BCUT2D eigenvalue weighted by Crippen LogP contribution is 2.25. The Balaban J connectivity index is 0.00000280. The predicted octanol–water partition coefficient (Wildman–Crippen LogP) is 4.25. The Morgan fingerprint density at radius 3 is 2.86 bits per heavy atom. The summed E-state index contributed by atoms with van der Waals surface area (Å²) in [6.07, 6.45) is 1.18. The molecule has 1 atom stereocenters. The molecule has 1 saturated heterocycles. The fourth-order valence-corrected chi connectivity index (χ4v) is 3.63. The molecule has 2 aromatic rings. The zero-order valence-corrected chi connectivity index (χ0v) is 20.6. The molecule has 6 nitrogen and oxygen atoms in total. The van der Waals surface area contributed by atoms with E-state index in [9.17, 15) is 0 Å². The van der Waals surface area contributed by atoms with Crippen LogP contribution in [-0.4, -0.2) is 37.1 Å². The van der Waals surface area contributed by atoms with E-state index in [2.05, 4.69) is 72.6 Å². The van der Waals surface area contributed by atoms with Gasteiger partial charge in [0.15, 0.2) is 5.96 Å². The highest BCUT2D eigenvalue weighted by atomic mass is 127. The molecule has 28 heavy (non-hydrogen) atoms. The van der Waals surface area contributed by atoms with Gasteiger partial charge in [0.05, 0.1) is 5.69 Å². The van der Waals surface area contributed by atoms with Crippen molar-refractivity contribution in [1.29, 1.82) is 0 Å². The maximum atomic E-state index is 5.61. The Labute approximate surface area is 192 Å². The molecule has 0 bridgehead atoms. The van der Waals surface area contributed by atoms with Gasteiger partial charge in [-0.15, -0.1) is 24.0 Å². The second-order valence-electron chi connectivity index (χ2n) is 6.91. The molecule has 1 aromatic carbocycles. The van der Waals surface area contributed by atoms with Crippen LogP contribution >= 0.6 is 39.9 Å². The van der Waals surface area contributed by atoms with E-state index in [1.807, 2.05) is 13.8 Å². The molecular weight excluding hydrogens is 533 g/mol. The number of aliphatic imine (C=N–C) groups is 1. The van der Waals surface area contributed by atoms with E-state index in [1.165, 1.54) is 12.1 Å². The van der Waals surface area contributed by atoms with Crippen LogP contribution in [0.4, 0.5) is 5.69 Å². The van der Waals surface area contributed by atoms with Crippen molar-refractivity contribution in [2.75, 3.05) is 31.1 Å². The van der Waals surface area contributed by atoms with Crippen LogP contribution < -0.4 is 15.5 Å². The maximum absolute atomic E-state index is 5.61. The molecule has 0 aliphatic carbocycles. The number of halogens is 2. The number of nitrogens with one attached hydrogen (secondary N) is 2. The molecule has 0 spiro atoms. The molecule has 0 saturated carbocycles. The zero-order valence-electron chi connectivity index (χ0n) is 16.7. The van der Waals surface area contributed by atoms with Gasteiger partial charge in [-0.1, -0.05) is 22.0 Å². The van der Waals surface area contributed by atoms with Gasteiger partial charge in [-0.05, 0) is 51.3 Å². The van der Waals surface area contributed by atoms with E-state index in [4.69, 9.17) is 4.42 Å². The van der Waals surface area contributed by atoms with Crippen molar-refractivity contribution in [3.05, 3.63) is 46.1 Å². The molecule has 8 heteroatoms. The molecule has 154 valence electrons. The number of oxazole rings is 1. The number of hydrogen-bond acceptors (Lipinski definition) is 4. The van der Waals surface area contributed by atoms with Gasteiger partial charge >= 0.3 is 0 Å². The Bertz CT molecular complexity index is 775. The number of anilines is 1. The third-order valence-electron chi connectivity index (χ3n) is 4.81. The van der Waals surface area contributed by atoms with E-state index < -0.39 is 0 Å². The van der Waals surface area contributed by atoms with Crippen molar-refractivity contribution < 1.29 is 4.42 Å². The minimum atomic E-state index is 0. The van der Waals surface area contributed by atoms with Crippen LogP contribution in [0.1, 0.15) is 30.7 Å². The number of rotatable bonds is 6. The van der Waals surface area contributed by atoms with Crippen molar-refractivity contribution in [2.24, 2.45) is 10.9 Å². The fourth-order valence-electron chi connectivity index (χ4n) is 3.24. The number of nitrogens with zero attached hydrogens (tertiary/aromatic N) is 3. The lowest BCUT2D eigenvalue weighted by atomic mass is 10.1. The van der Waals surface area contributed by atoms with Gasteiger partial charge in [0.2, 0.25) is 5.89 Å². The summed E-state index contributed by atoms with van der Waals surface area (Å²) in [4.78, 5) is 11.4. The molecule has 1 aromatic heterocycles. The molecule has 1 aliphatic rings. The fraction of sp³-hybridized carbons (Fsp3) is 0.500. The van der Waals surface area contributed by atoms with Crippen LogP contribution in [0.25, 0.3) is 0 Å². The summed E-state index contributed by atoms with van der Waals surface area (Å²) in [7, 11) is 0. The third kappa shape index (κ3) is 6.37. The second-order valence-corrected chi connectivity index (χ2v) is 7.82. The minimum Gasteiger partial charge on any atom is -0.444 e. The smallest absolute Gasteiger partial charge is 0.216 e. The third-order valence-corrected chi connectivity index (χ3v) is 5.30. The lowest BCUT2D eigenvalue weighted by molar-refractivity contribution is 0.472. The van der Waals surface area contributed by atoms with Gasteiger partial charge in [-0.2, -0.15) is 0 Å². The molecule has 1 aliphatic heterocycles. The number of benzene rings is 1. The van der Waals surface area contributed by atoms with E-state index in [0.29, 0.717) is 18.4 Å².